The first-order valence-electron chi connectivity index (χ1n) is 5.96. The predicted molar refractivity (Wildman–Crippen MR) is 66.4 cm³/mol. The van der Waals surface area contributed by atoms with E-state index in [1.807, 2.05) is 0 Å². The van der Waals surface area contributed by atoms with Crippen LogP contribution in [0.15, 0.2) is 0 Å². The molecule has 0 atom stereocenters. The fraction of sp³-hybridized carbons (Fsp3) is 1.00. The third-order valence-electron chi connectivity index (χ3n) is 2.83. The molecule has 0 bridgehead atoms. The normalized spacial score (nSPS) is 12.4. The van der Waals surface area contributed by atoms with Crippen LogP contribution in [0.3, 0.4) is 0 Å². The van der Waals surface area contributed by atoms with E-state index in [4.69, 9.17) is 4.74 Å². The maximum absolute atomic E-state index is 5.47. The fourth-order valence-electron chi connectivity index (χ4n) is 1.05. The molecule has 0 fully saturated rings. The van der Waals surface area contributed by atoms with Crippen molar-refractivity contribution in [3.63, 3.8) is 0 Å². The highest BCUT2D eigenvalue weighted by atomic mass is 16.5. The lowest BCUT2D eigenvalue weighted by Crippen LogP contribution is -2.47. The van der Waals surface area contributed by atoms with E-state index in [0.29, 0.717) is 0 Å². The van der Waals surface area contributed by atoms with E-state index >= 15 is 0 Å². The van der Waals surface area contributed by atoms with Crippen molar-refractivity contribution in [3.8, 4) is 0 Å². The maximum atomic E-state index is 5.47. The molecule has 0 saturated carbocycles. The first kappa shape index (κ1) is 14.9. The molecule has 0 aromatic rings. The second kappa shape index (κ2) is 8.08. The Morgan fingerprint density at radius 2 is 1.87 bits per heavy atom. The zero-order valence-electron chi connectivity index (χ0n) is 11.1. The van der Waals surface area contributed by atoms with Gasteiger partial charge in [-0.1, -0.05) is 13.3 Å². The number of likely N-dealkylation sites (N-methyl/N-ethyl adjacent to an activating group) is 1. The first-order chi connectivity index (χ1) is 7.00. The van der Waals surface area contributed by atoms with Gasteiger partial charge in [0.2, 0.25) is 0 Å². The molecular formula is C12H28N2O. The summed E-state index contributed by atoms with van der Waals surface area (Å²) >= 11 is 0. The topological polar surface area (TPSA) is 24.5 Å². The predicted octanol–water partition coefficient (Wildman–Crippen LogP) is 1.73. The van der Waals surface area contributed by atoms with Gasteiger partial charge in [-0.3, -0.25) is 0 Å². The van der Waals surface area contributed by atoms with Crippen LogP contribution in [0.25, 0.3) is 0 Å². The highest BCUT2D eigenvalue weighted by Gasteiger charge is 2.18. The lowest BCUT2D eigenvalue weighted by Gasteiger charge is -2.32. The summed E-state index contributed by atoms with van der Waals surface area (Å²) in [6.07, 6.45) is 2.38. The van der Waals surface area contributed by atoms with Crippen molar-refractivity contribution in [2.75, 3.05) is 40.4 Å². The molecule has 0 aromatic carbocycles. The van der Waals surface area contributed by atoms with E-state index in [1.54, 1.807) is 0 Å². The highest BCUT2D eigenvalue weighted by Crippen LogP contribution is 2.07. The summed E-state index contributed by atoms with van der Waals surface area (Å²) in [5, 5.41) is 3.42. The van der Waals surface area contributed by atoms with Crippen LogP contribution in [0.1, 0.15) is 33.6 Å². The van der Waals surface area contributed by atoms with Crippen molar-refractivity contribution in [2.24, 2.45) is 0 Å². The van der Waals surface area contributed by atoms with Crippen LogP contribution < -0.4 is 5.32 Å². The SMILES string of the molecule is CCCCOCCNCC(C)(C)N(C)C. The molecule has 0 rings (SSSR count). The van der Waals surface area contributed by atoms with Gasteiger partial charge >= 0.3 is 0 Å². The summed E-state index contributed by atoms with van der Waals surface area (Å²) in [7, 11) is 4.22. The van der Waals surface area contributed by atoms with Crippen LogP contribution in [0.4, 0.5) is 0 Å². The molecule has 0 heterocycles. The largest absolute Gasteiger partial charge is 0.380 e. The molecule has 0 aliphatic rings. The van der Waals surface area contributed by atoms with Crippen LogP contribution in [0, 0.1) is 0 Å². The standard InChI is InChI=1S/C12H28N2O/c1-6-7-9-15-10-8-13-11-12(2,3)14(4)5/h13H,6-11H2,1-5H3. The minimum atomic E-state index is 0.212. The van der Waals surface area contributed by atoms with Crippen molar-refractivity contribution in [1.82, 2.24) is 10.2 Å². The van der Waals surface area contributed by atoms with Gasteiger partial charge in [0.1, 0.15) is 0 Å². The third kappa shape index (κ3) is 7.77. The molecule has 0 aliphatic heterocycles. The molecule has 15 heavy (non-hydrogen) atoms. The number of ether oxygens (including phenoxy) is 1. The van der Waals surface area contributed by atoms with Gasteiger partial charge < -0.3 is 15.0 Å². The Morgan fingerprint density at radius 1 is 1.20 bits per heavy atom. The van der Waals surface area contributed by atoms with E-state index in [0.717, 1.165) is 26.3 Å². The van der Waals surface area contributed by atoms with Gasteiger partial charge in [0.05, 0.1) is 6.61 Å². The Bertz CT molecular complexity index is 147. The molecular weight excluding hydrogens is 188 g/mol. The summed E-state index contributed by atoms with van der Waals surface area (Å²) in [5.41, 5.74) is 0.212. The van der Waals surface area contributed by atoms with Gasteiger partial charge in [-0.25, -0.2) is 0 Å². The summed E-state index contributed by atoms with van der Waals surface area (Å²) < 4.78 is 5.47. The highest BCUT2D eigenvalue weighted by molar-refractivity contribution is 4.79. The fourth-order valence-corrected chi connectivity index (χ4v) is 1.05. The number of nitrogens with one attached hydrogen (secondary N) is 1. The van der Waals surface area contributed by atoms with Crippen LogP contribution in [-0.2, 0) is 4.74 Å². The number of hydrogen-bond donors (Lipinski definition) is 1. The third-order valence-corrected chi connectivity index (χ3v) is 2.83. The van der Waals surface area contributed by atoms with Crippen molar-refractivity contribution in [3.05, 3.63) is 0 Å². The van der Waals surface area contributed by atoms with Crippen LogP contribution >= 0.6 is 0 Å². The second-order valence-electron chi connectivity index (χ2n) is 4.85. The summed E-state index contributed by atoms with van der Waals surface area (Å²) in [4.78, 5) is 2.23. The Balaban J connectivity index is 3.31. The number of hydrogen-bond acceptors (Lipinski definition) is 3. The van der Waals surface area contributed by atoms with Gasteiger partial charge in [0.15, 0.2) is 0 Å². The van der Waals surface area contributed by atoms with Gasteiger partial charge in [0, 0.05) is 25.2 Å². The van der Waals surface area contributed by atoms with E-state index in [1.165, 1.54) is 12.8 Å². The molecule has 3 heteroatoms. The Morgan fingerprint density at radius 3 is 2.40 bits per heavy atom. The Kier molecular flexibility index (Phi) is 8.02. The minimum Gasteiger partial charge on any atom is -0.380 e. The molecule has 0 amide bonds. The summed E-state index contributed by atoms with van der Waals surface area (Å²) in [6.45, 7) is 10.3. The maximum Gasteiger partial charge on any atom is 0.0590 e. The number of nitrogens with zero attached hydrogens (tertiary/aromatic N) is 1. The zero-order valence-corrected chi connectivity index (χ0v) is 11.1. The van der Waals surface area contributed by atoms with Crippen molar-refractivity contribution in [2.45, 2.75) is 39.2 Å². The molecule has 0 spiro atoms. The molecule has 0 saturated heterocycles. The van der Waals surface area contributed by atoms with E-state index in [-0.39, 0.29) is 5.54 Å². The lowest BCUT2D eigenvalue weighted by atomic mass is 10.0. The van der Waals surface area contributed by atoms with Gasteiger partial charge in [-0.2, -0.15) is 0 Å². The minimum absolute atomic E-state index is 0.212. The first-order valence-corrected chi connectivity index (χ1v) is 5.96. The van der Waals surface area contributed by atoms with E-state index in [9.17, 15) is 0 Å². The van der Waals surface area contributed by atoms with Crippen LogP contribution in [0.2, 0.25) is 0 Å². The molecule has 1 N–H and O–H groups in total. The number of unbranched alkanes of at least 4 members (excludes halogenated alkanes) is 1. The molecule has 92 valence electrons. The van der Waals surface area contributed by atoms with Crippen molar-refractivity contribution < 1.29 is 4.74 Å². The van der Waals surface area contributed by atoms with Gasteiger partial charge in [-0.05, 0) is 34.4 Å². The molecule has 0 radical (unpaired) electrons. The van der Waals surface area contributed by atoms with Gasteiger partial charge in [-0.15, -0.1) is 0 Å². The van der Waals surface area contributed by atoms with E-state index < -0.39 is 0 Å². The summed E-state index contributed by atoms with van der Waals surface area (Å²) in [6, 6.07) is 0. The van der Waals surface area contributed by atoms with Gasteiger partial charge in [0.25, 0.3) is 0 Å². The van der Waals surface area contributed by atoms with Crippen molar-refractivity contribution >= 4 is 0 Å². The van der Waals surface area contributed by atoms with Crippen LogP contribution in [-0.4, -0.2) is 50.8 Å². The molecule has 0 aliphatic carbocycles. The monoisotopic (exact) mass is 216 g/mol. The molecule has 3 nitrogen and oxygen atoms in total. The smallest absolute Gasteiger partial charge is 0.0590 e. The number of rotatable bonds is 9. The average Bonchev–Trinajstić information content (AvgIpc) is 2.16. The Labute approximate surface area is 95.2 Å². The van der Waals surface area contributed by atoms with Crippen molar-refractivity contribution in [1.29, 1.82) is 0 Å². The second-order valence-corrected chi connectivity index (χ2v) is 4.85. The Hall–Kier alpha value is -0.120. The molecule has 0 aromatic heterocycles. The average molecular weight is 216 g/mol. The van der Waals surface area contributed by atoms with Crippen LogP contribution in [0.5, 0.6) is 0 Å². The molecule has 0 unspecified atom stereocenters. The lowest BCUT2D eigenvalue weighted by molar-refractivity contribution is 0.126. The summed E-state index contributed by atoms with van der Waals surface area (Å²) in [5.74, 6) is 0. The zero-order chi connectivity index (χ0) is 11.7. The van der Waals surface area contributed by atoms with E-state index in [2.05, 4.69) is 45.1 Å². The quantitative estimate of drug-likeness (QED) is 0.594.